The summed E-state index contributed by atoms with van der Waals surface area (Å²) in [5.41, 5.74) is 8.05. The first-order valence-corrected chi connectivity index (χ1v) is 9.85. The molecule has 0 radical (unpaired) electrons. The summed E-state index contributed by atoms with van der Waals surface area (Å²) in [5.74, 6) is -0.808. The van der Waals surface area contributed by atoms with E-state index in [-0.39, 0.29) is 12.3 Å². The van der Waals surface area contributed by atoms with Crippen LogP contribution in [0, 0.1) is 0 Å². The van der Waals surface area contributed by atoms with Gasteiger partial charge in [-0.3, -0.25) is 9.59 Å². The normalized spacial score (nSPS) is 11.6. The van der Waals surface area contributed by atoms with Gasteiger partial charge in [0.15, 0.2) is 0 Å². The molecule has 0 unspecified atom stereocenters. The van der Waals surface area contributed by atoms with E-state index in [1.165, 1.54) is 22.3 Å². The largest absolute Gasteiger partial charge is 0.481 e. The first-order chi connectivity index (χ1) is 14.1. The number of carboxylic acid groups (broad SMARTS) is 1. The van der Waals surface area contributed by atoms with E-state index in [1.807, 2.05) is 36.4 Å². The van der Waals surface area contributed by atoms with Crippen molar-refractivity contribution in [2.24, 2.45) is 0 Å². The lowest BCUT2D eigenvalue weighted by atomic mass is 9.99. The molecule has 4 heteroatoms. The molecule has 0 saturated carbocycles. The Morgan fingerprint density at radius 1 is 0.828 bits per heavy atom. The Bertz CT molecular complexity index is 1050. The molecular formula is C25H23NO3. The Morgan fingerprint density at radius 3 is 2.34 bits per heavy atom. The molecule has 0 atom stereocenters. The molecule has 0 heterocycles. The number of benzene rings is 3. The molecule has 1 aliphatic rings. The van der Waals surface area contributed by atoms with E-state index in [0.717, 1.165) is 29.5 Å². The van der Waals surface area contributed by atoms with Gasteiger partial charge in [0.05, 0.1) is 12.8 Å². The number of rotatable bonds is 7. The third kappa shape index (κ3) is 4.37. The Kier molecular flexibility index (Phi) is 5.43. The van der Waals surface area contributed by atoms with Gasteiger partial charge in [0, 0.05) is 6.54 Å². The molecule has 146 valence electrons. The number of carboxylic acids is 1. The summed E-state index contributed by atoms with van der Waals surface area (Å²) < 4.78 is 0. The first-order valence-electron chi connectivity index (χ1n) is 9.85. The Balaban J connectivity index is 1.33. The standard InChI is InChI=1S/C25H23NO3/c27-24(26-13-12-17-8-10-18(11-9-17)14-25(28)29)16-20-5-3-7-22-21-6-2-1-4-19(21)15-23(20)22/h1-11H,12-16H2,(H,26,27)(H,28,29). The Hall–Kier alpha value is -3.40. The molecule has 2 N–H and O–H groups in total. The van der Waals surface area contributed by atoms with Gasteiger partial charge < -0.3 is 10.4 Å². The number of fused-ring (bicyclic) bond motifs is 3. The van der Waals surface area contributed by atoms with E-state index in [9.17, 15) is 9.59 Å². The number of aliphatic carboxylic acids is 1. The van der Waals surface area contributed by atoms with Crippen LogP contribution in [0.5, 0.6) is 0 Å². The molecule has 1 amide bonds. The second-order valence-corrected chi connectivity index (χ2v) is 7.44. The highest BCUT2D eigenvalue weighted by Gasteiger charge is 2.21. The second-order valence-electron chi connectivity index (χ2n) is 7.44. The predicted octanol–water partition coefficient (Wildman–Crippen LogP) is 3.79. The third-order valence-electron chi connectivity index (χ3n) is 5.41. The van der Waals surface area contributed by atoms with E-state index < -0.39 is 5.97 Å². The maximum Gasteiger partial charge on any atom is 0.307 e. The van der Waals surface area contributed by atoms with Crippen LogP contribution in [0.25, 0.3) is 11.1 Å². The number of hydrogen-bond acceptors (Lipinski definition) is 2. The molecular weight excluding hydrogens is 362 g/mol. The zero-order valence-electron chi connectivity index (χ0n) is 16.2. The van der Waals surface area contributed by atoms with Gasteiger partial charge in [-0.1, -0.05) is 66.7 Å². The molecule has 1 aliphatic carbocycles. The van der Waals surface area contributed by atoms with E-state index in [2.05, 4.69) is 35.6 Å². The van der Waals surface area contributed by atoms with Crippen LogP contribution in [0.15, 0.2) is 66.7 Å². The molecule has 29 heavy (non-hydrogen) atoms. The molecule has 4 nitrogen and oxygen atoms in total. The average molecular weight is 385 g/mol. The number of amides is 1. The maximum atomic E-state index is 12.5. The SMILES string of the molecule is O=C(O)Cc1ccc(CCNC(=O)Cc2cccc3c2Cc2ccccc2-3)cc1. The van der Waals surface area contributed by atoms with Crippen molar-refractivity contribution in [2.45, 2.75) is 25.7 Å². The number of carbonyl (C=O) groups is 2. The fraction of sp³-hybridized carbons (Fsp3) is 0.200. The number of hydrogen-bond donors (Lipinski definition) is 2. The lowest BCUT2D eigenvalue weighted by Gasteiger charge is -2.10. The van der Waals surface area contributed by atoms with E-state index in [4.69, 9.17) is 5.11 Å². The second kappa shape index (κ2) is 8.31. The fourth-order valence-electron chi connectivity index (χ4n) is 3.97. The maximum absolute atomic E-state index is 12.5. The molecule has 0 aromatic heterocycles. The molecule has 3 aromatic carbocycles. The highest BCUT2D eigenvalue weighted by atomic mass is 16.4. The van der Waals surface area contributed by atoms with E-state index in [0.29, 0.717) is 13.0 Å². The van der Waals surface area contributed by atoms with Crippen molar-refractivity contribution < 1.29 is 14.7 Å². The summed E-state index contributed by atoms with van der Waals surface area (Å²) >= 11 is 0. The van der Waals surface area contributed by atoms with Crippen molar-refractivity contribution in [1.82, 2.24) is 5.32 Å². The molecule has 0 aliphatic heterocycles. The fourth-order valence-corrected chi connectivity index (χ4v) is 3.97. The molecule has 0 saturated heterocycles. The Morgan fingerprint density at radius 2 is 1.55 bits per heavy atom. The number of nitrogens with one attached hydrogen (secondary N) is 1. The topological polar surface area (TPSA) is 66.4 Å². The summed E-state index contributed by atoms with van der Waals surface area (Å²) in [5, 5.41) is 11.8. The highest BCUT2D eigenvalue weighted by molar-refractivity contribution is 5.83. The van der Waals surface area contributed by atoms with Crippen molar-refractivity contribution in [3.63, 3.8) is 0 Å². The van der Waals surface area contributed by atoms with Gasteiger partial charge >= 0.3 is 5.97 Å². The van der Waals surface area contributed by atoms with Crippen LogP contribution in [-0.2, 0) is 35.3 Å². The van der Waals surface area contributed by atoms with Gasteiger partial charge in [0.25, 0.3) is 0 Å². The third-order valence-corrected chi connectivity index (χ3v) is 5.41. The van der Waals surface area contributed by atoms with Gasteiger partial charge in [-0.15, -0.1) is 0 Å². The molecule has 0 bridgehead atoms. The molecule has 3 aromatic rings. The van der Waals surface area contributed by atoms with Crippen LogP contribution in [0.2, 0.25) is 0 Å². The van der Waals surface area contributed by atoms with Crippen LogP contribution in [0.1, 0.15) is 27.8 Å². The zero-order chi connectivity index (χ0) is 20.2. The van der Waals surface area contributed by atoms with Crippen LogP contribution >= 0.6 is 0 Å². The minimum Gasteiger partial charge on any atom is -0.481 e. The van der Waals surface area contributed by atoms with E-state index >= 15 is 0 Å². The summed E-state index contributed by atoms with van der Waals surface area (Å²) in [6, 6.07) is 22.1. The molecule has 0 spiro atoms. The van der Waals surface area contributed by atoms with Crippen LogP contribution in [0.3, 0.4) is 0 Å². The van der Waals surface area contributed by atoms with E-state index in [1.54, 1.807) is 0 Å². The van der Waals surface area contributed by atoms with Crippen molar-refractivity contribution in [3.8, 4) is 11.1 Å². The quantitative estimate of drug-likeness (QED) is 0.509. The lowest BCUT2D eigenvalue weighted by molar-refractivity contribution is -0.136. The first kappa shape index (κ1) is 18.9. The summed E-state index contributed by atoms with van der Waals surface area (Å²) in [6.45, 7) is 0.562. The Labute approximate surface area is 170 Å². The van der Waals surface area contributed by atoms with Gasteiger partial charge in [-0.05, 0) is 51.8 Å². The van der Waals surface area contributed by atoms with Gasteiger partial charge in [-0.2, -0.15) is 0 Å². The lowest BCUT2D eigenvalue weighted by Crippen LogP contribution is -2.27. The average Bonchev–Trinajstić information content (AvgIpc) is 3.09. The predicted molar refractivity (Wildman–Crippen MR) is 113 cm³/mol. The van der Waals surface area contributed by atoms with Crippen LogP contribution in [-0.4, -0.2) is 23.5 Å². The van der Waals surface area contributed by atoms with Gasteiger partial charge in [0.2, 0.25) is 5.91 Å². The van der Waals surface area contributed by atoms with Crippen molar-refractivity contribution in [2.75, 3.05) is 6.54 Å². The van der Waals surface area contributed by atoms with Crippen LogP contribution < -0.4 is 5.32 Å². The smallest absolute Gasteiger partial charge is 0.307 e. The van der Waals surface area contributed by atoms with Crippen LogP contribution in [0.4, 0.5) is 0 Å². The van der Waals surface area contributed by atoms with Gasteiger partial charge in [-0.25, -0.2) is 0 Å². The minimum absolute atomic E-state index is 0.0249. The van der Waals surface area contributed by atoms with Crippen molar-refractivity contribution in [3.05, 3.63) is 94.5 Å². The molecule has 4 rings (SSSR count). The summed E-state index contributed by atoms with van der Waals surface area (Å²) in [7, 11) is 0. The molecule has 0 fully saturated rings. The zero-order valence-corrected chi connectivity index (χ0v) is 16.2. The highest BCUT2D eigenvalue weighted by Crippen LogP contribution is 2.38. The summed E-state index contributed by atoms with van der Waals surface area (Å²) in [4.78, 5) is 23.2. The van der Waals surface area contributed by atoms with Gasteiger partial charge in [0.1, 0.15) is 0 Å². The van der Waals surface area contributed by atoms with Crippen molar-refractivity contribution >= 4 is 11.9 Å². The monoisotopic (exact) mass is 385 g/mol. The summed E-state index contributed by atoms with van der Waals surface area (Å²) in [6.07, 6.45) is 2.02. The van der Waals surface area contributed by atoms with Crippen molar-refractivity contribution in [1.29, 1.82) is 0 Å². The number of carbonyl (C=O) groups excluding carboxylic acids is 1. The minimum atomic E-state index is -0.833.